The summed E-state index contributed by atoms with van der Waals surface area (Å²) in [5.74, 6) is -1.53. The Balaban J connectivity index is 1.49. The standard InChI is InChI=1S/C30H24N4O5/c31-9-10-32-11-12-33-27(36)19-5-1-15-17-3-7-21-26-22(30(39)34(13-14-35)29(21)38)8-4-18(24(17)26)16-2-6-20(28(33)37)25(19)23(15)16/h1-8,32,35H,9-14,31H2. The van der Waals surface area contributed by atoms with E-state index < -0.39 is 11.8 Å². The molecule has 39 heavy (non-hydrogen) atoms. The molecule has 0 aromatic heterocycles. The van der Waals surface area contributed by atoms with Crippen molar-refractivity contribution in [1.82, 2.24) is 15.1 Å². The number of hydrogen-bond donors (Lipinski definition) is 3. The molecule has 7 rings (SSSR count). The van der Waals surface area contributed by atoms with Gasteiger partial charge >= 0.3 is 0 Å². The molecule has 4 amide bonds. The Morgan fingerprint density at radius 1 is 0.564 bits per heavy atom. The van der Waals surface area contributed by atoms with Gasteiger partial charge in [-0.3, -0.25) is 29.0 Å². The molecule has 2 aliphatic heterocycles. The molecule has 0 aliphatic carbocycles. The van der Waals surface area contributed by atoms with Crippen LogP contribution in [0.25, 0.3) is 43.1 Å². The summed E-state index contributed by atoms with van der Waals surface area (Å²) in [6.07, 6.45) is 0. The van der Waals surface area contributed by atoms with Gasteiger partial charge in [-0.05, 0) is 56.6 Å². The molecule has 0 unspecified atom stereocenters. The lowest BCUT2D eigenvalue weighted by Crippen LogP contribution is -2.44. The molecule has 9 nitrogen and oxygen atoms in total. The van der Waals surface area contributed by atoms with Gasteiger partial charge in [-0.2, -0.15) is 0 Å². The number of benzene rings is 5. The fraction of sp³-hybridized carbons (Fsp3) is 0.200. The maximum Gasteiger partial charge on any atom is 0.261 e. The van der Waals surface area contributed by atoms with Gasteiger partial charge in [0.15, 0.2) is 0 Å². The molecular formula is C30H24N4O5. The zero-order valence-electron chi connectivity index (χ0n) is 20.9. The van der Waals surface area contributed by atoms with Crippen molar-refractivity contribution in [3.05, 3.63) is 70.8 Å². The highest BCUT2D eigenvalue weighted by molar-refractivity contribution is 6.41. The Labute approximate surface area is 222 Å². The van der Waals surface area contributed by atoms with E-state index in [2.05, 4.69) is 5.32 Å². The normalized spacial score (nSPS) is 15.2. The van der Waals surface area contributed by atoms with Crippen LogP contribution in [0.3, 0.4) is 0 Å². The molecule has 0 fully saturated rings. The molecule has 194 valence electrons. The van der Waals surface area contributed by atoms with E-state index in [1.807, 2.05) is 24.3 Å². The van der Waals surface area contributed by atoms with Gasteiger partial charge in [-0.25, -0.2) is 0 Å². The number of β-amino-alcohol motifs (C(OH)–C–C–N with tert-alkyl or cyclic N) is 1. The summed E-state index contributed by atoms with van der Waals surface area (Å²) < 4.78 is 0. The molecule has 0 radical (unpaired) electrons. The first kappa shape index (κ1) is 23.7. The summed E-state index contributed by atoms with van der Waals surface area (Å²) >= 11 is 0. The third-order valence-corrected chi connectivity index (χ3v) is 7.96. The van der Waals surface area contributed by atoms with Crippen LogP contribution in [0.4, 0.5) is 0 Å². The molecular weight excluding hydrogens is 496 g/mol. The summed E-state index contributed by atoms with van der Waals surface area (Å²) in [6.45, 7) is 1.38. The SMILES string of the molecule is NCCNCCN1C(=O)c2ccc3c4ccc5c6c(ccc(c7ccc(c2c37)C1=O)c64)C(=O)N(CCO)C5=O. The molecule has 2 aliphatic rings. The van der Waals surface area contributed by atoms with Crippen molar-refractivity contribution in [3.8, 4) is 0 Å². The van der Waals surface area contributed by atoms with Crippen LogP contribution in [0, 0.1) is 0 Å². The highest BCUT2D eigenvalue weighted by Crippen LogP contribution is 2.46. The number of carbonyl (C=O) groups is 4. The summed E-state index contributed by atoms with van der Waals surface area (Å²) in [5, 5.41) is 18.8. The van der Waals surface area contributed by atoms with E-state index in [1.54, 1.807) is 24.3 Å². The Hall–Kier alpha value is -4.44. The fourth-order valence-electron chi connectivity index (χ4n) is 6.29. The number of nitrogens with two attached hydrogens (primary N) is 1. The number of rotatable bonds is 7. The number of aliphatic hydroxyl groups is 1. The van der Waals surface area contributed by atoms with E-state index in [9.17, 15) is 24.3 Å². The van der Waals surface area contributed by atoms with Crippen molar-refractivity contribution in [2.75, 3.05) is 39.3 Å². The van der Waals surface area contributed by atoms with Crippen molar-refractivity contribution in [3.63, 3.8) is 0 Å². The molecule has 0 saturated heterocycles. The van der Waals surface area contributed by atoms with Crippen LogP contribution in [-0.2, 0) is 0 Å². The van der Waals surface area contributed by atoms with Crippen LogP contribution in [0.1, 0.15) is 41.4 Å². The van der Waals surface area contributed by atoms with Crippen molar-refractivity contribution in [2.24, 2.45) is 5.73 Å². The average molecular weight is 521 g/mol. The number of fused-ring (bicyclic) bond motifs is 2. The zero-order valence-corrected chi connectivity index (χ0v) is 20.9. The van der Waals surface area contributed by atoms with Gasteiger partial charge in [0.05, 0.1) is 13.2 Å². The summed E-state index contributed by atoms with van der Waals surface area (Å²) in [4.78, 5) is 55.8. The minimum absolute atomic E-state index is 0.0715. The highest BCUT2D eigenvalue weighted by atomic mass is 16.3. The molecule has 9 heteroatoms. The maximum absolute atomic E-state index is 13.5. The fourth-order valence-corrected chi connectivity index (χ4v) is 6.29. The summed E-state index contributed by atoms with van der Waals surface area (Å²) in [7, 11) is 0. The molecule has 0 saturated carbocycles. The number of aliphatic hydroxyl groups excluding tert-OH is 1. The number of hydrogen-bond acceptors (Lipinski definition) is 7. The first-order valence-corrected chi connectivity index (χ1v) is 12.9. The van der Waals surface area contributed by atoms with Crippen LogP contribution in [0.2, 0.25) is 0 Å². The van der Waals surface area contributed by atoms with E-state index in [-0.39, 0.29) is 31.5 Å². The molecule has 5 aromatic rings. The predicted molar refractivity (Wildman–Crippen MR) is 147 cm³/mol. The Bertz CT molecular complexity index is 1790. The largest absolute Gasteiger partial charge is 0.395 e. The molecule has 2 heterocycles. The van der Waals surface area contributed by atoms with Crippen LogP contribution in [-0.4, -0.2) is 77.9 Å². The second-order valence-electron chi connectivity index (χ2n) is 9.93. The topological polar surface area (TPSA) is 133 Å². The van der Waals surface area contributed by atoms with Crippen molar-refractivity contribution < 1.29 is 24.3 Å². The van der Waals surface area contributed by atoms with E-state index in [4.69, 9.17) is 5.73 Å². The summed E-state index contributed by atoms with van der Waals surface area (Å²) in [5.41, 5.74) is 7.31. The first-order chi connectivity index (χ1) is 19.0. The predicted octanol–water partition coefficient (Wildman–Crippen LogP) is 2.47. The van der Waals surface area contributed by atoms with Crippen LogP contribution < -0.4 is 11.1 Å². The third kappa shape index (κ3) is 3.06. The molecule has 4 N–H and O–H groups in total. The van der Waals surface area contributed by atoms with Crippen LogP contribution in [0.15, 0.2) is 48.5 Å². The lowest BCUT2D eigenvalue weighted by Gasteiger charge is -2.30. The number of nitrogens with zero attached hydrogens (tertiary/aromatic N) is 2. The molecule has 5 aromatic carbocycles. The number of carbonyl (C=O) groups excluding carboxylic acids is 4. The van der Waals surface area contributed by atoms with E-state index in [1.165, 1.54) is 4.90 Å². The highest BCUT2D eigenvalue weighted by Gasteiger charge is 2.36. The number of imide groups is 2. The minimum atomic E-state index is -0.432. The van der Waals surface area contributed by atoms with Gasteiger partial charge in [0.2, 0.25) is 0 Å². The van der Waals surface area contributed by atoms with Crippen molar-refractivity contribution >= 4 is 66.7 Å². The quantitative estimate of drug-likeness (QED) is 0.130. The van der Waals surface area contributed by atoms with E-state index in [0.717, 1.165) is 37.2 Å². The van der Waals surface area contributed by atoms with Gasteiger partial charge in [0, 0.05) is 59.2 Å². The van der Waals surface area contributed by atoms with E-state index >= 15 is 0 Å². The van der Waals surface area contributed by atoms with Crippen molar-refractivity contribution in [2.45, 2.75) is 0 Å². The Morgan fingerprint density at radius 3 is 1.31 bits per heavy atom. The lowest BCUT2D eigenvalue weighted by atomic mass is 9.82. The van der Waals surface area contributed by atoms with Crippen LogP contribution in [0.5, 0.6) is 0 Å². The van der Waals surface area contributed by atoms with Gasteiger partial charge in [-0.1, -0.05) is 24.3 Å². The molecule has 0 bridgehead atoms. The minimum Gasteiger partial charge on any atom is -0.395 e. The second kappa shape index (κ2) is 8.54. The van der Waals surface area contributed by atoms with Crippen molar-refractivity contribution in [1.29, 1.82) is 0 Å². The summed E-state index contributed by atoms with van der Waals surface area (Å²) in [6, 6.07) is 14.5. The number of amides is 4. The second-order valence-corrected chi connectivity index (χ2v) is 9.93. The Morgan fingerprint density at radius 2 is 0.949 bits per heavy atom. The molecule has 0 atom stereocenters. The van der Waals surface area contributed by atoms with E-state index in [0.29, 0.717) is 52.7 Å². The lowest BCUT2D eigenvalue weighted by molar-refractivity contribution is 0.0575. The van der Waals surface area contributed by atoms with Gasteiger partial charge < -0.3 is 16.2 Å². The van der Waals surface area contributed by atoms with Crippen LogP contribution >= 0.6 is 0 Å². The van der Waals surface area contributed by atoms with Gasteiger partial charge in [-0.15, -0.1) is 0 Å². The average Bonchev–Trinajstić information content (AvgIpc) is 2.95. The molecule has 0 spiro atoms. The van der Waals surface area contributed by atoms with Gasteiger partial charge in [0.25, 0.3) is 23.6 Å². The zero-order chi connectivity index (χ0) is 27.0. The smallest absolute Gasteiger partial charge is 0.261 e. The third-order valence-electron chi connectivity index (χ3n) is 7.96. The Kier molecular flexibility index (Phi) is 5.18. The maximum atomic E-state index is 13.5. The first-order valence-electron chi connectivity index (χ1n) is 12.9. The number of nitrogens with one attached hydrogen (secondary N) is 1. The van der Waals surface area contributed by atoms with Gasteiger partial charge in [0.1, 0.15) is 0 Å². The monoisotopic (exact) mass is 520 g/mol.